The quantitative estimate of drug-likeness (QED) is 0.201. The number of carboxylic acids is 1. The number of halogens is 3. The highest BCUT2D eigenvalue weighted by Gasteiger charge is 2.27. The van der Waals surface area contributed by atoms with E-state index in [0.717, 1.165) is 0 Å². The zero-order chi connectivity index (χ0) is 29.8. The van der Waals surface area contributed by atoms with Crippen LogP contribution in [-0.4, -0.2) is 34.4 Å². The monoisotopic (exact) mass is 612 g/mol. The molecule has 41 heavy (non-hydrogen) atoms. The lowest BCUT2D eigenvalue weighted by atomic mass is 9.97. The molecule has 0 spiro atoms. The van der Waals surface area contributed by atoms with Crippen LogP contribution in [0.3, 0.4) is 0 Å². The van der Waals surface area contributed by atoms with Crippen molar-refractivity contribution in [2.75, 3.05) is 12.4 Å². The Morgan fingerprint density at radius 2 is 1.61 bits per heavy atom. The van der Waals surface area contributed by atoms with E-state index in [4.69, 9.17) is 44.6 Å². The van der Waals surface area contributed by atoms with Gasteiger partial charge in [0, 0.05) is 44.4 Å². The normalized spacial score (nSPS) is 11.5. The number of hydrogen-bond acceptors (Lipinski definition) is 5. The van der Waals surface area contributed by atoms with Gasteiger partial charge in [0.05, 0.1) is 18.9 Å². The van der Waals surface area contributed by atoms with E-state index in [-0.39, 0.29) is 23.5 Å². The van der Waals surface area contributed by atoms with Crippen LogP contribution < -0.4 is 15.6 Å². The summed E-state index contributed by atoms with van der Waals surface area (Å²) in [5.41, 5.74) is 1.30. The number of nitrogens with zero attached hydrogens (tertiary/aromatic N) is 1. The fourth-order valence-corrected chi connectivity index (χ4v) is 5.08. The number of anilines is 1. The van der Waals surface area contributed by atoms with Crippen LogP contribution in [0.1, 0.15) is 39.2 Å². The number of aromatic nitrogens is 1. The molecule has 3 aromatic carbocycles. The molecule has 0 bridgehead atoms. The van der Waals surface area contributed by atoms with Crippen LogP contribution in [0.5, 0.6) is 5.75 Å². The number of hydrogen-bond donors (Lipinski definition) is 2. The minimum Gasteiger partial charge on any atom is -0.495 e. The van der Waals surface area contributed by atoms with Crippen LogP contribution in [0.15, 0.2) is 77.7 Å². The molecule has 0 fully saturated rings. The van der Waals surface area contributed by atoms with E-state index in [9.17, 15) is 19.2 Å². The summed E-state index contributed by atoms with van der Waals surface area (Å²) in [5, 5.41) is 12.9. The second-order valence-corrected chi connectivity index (χ2v) is 10.3. The van der Waals surface area contributed by atoms with Gasteiger partial charge in [-0.3, -0.25) is 19.0 Å². The van der Waals surface area contributed by atoms with E-state index in [1.807, 2.05) is 0 Å². The van der Waals surface area contributed by atoms with Gasteiger partial charge >= 0.3 is 5.97 Å². The molecule has 210 valence electrons. The van der Waals surface area contributed by atoms with Gasteiger partial charge in [0.25, 0.3) is 5.56 Å². The molecule has 8 nitrogen and oxygen atoms in total. The lowest BCUT2D eigenvalue weighted by Crippen LogP contribution is -2.34. The van der Waals surface area contributed by atoms with Gasteiger partial charge < -0.3 is 15.2 Å². The van der Waals surface area contributed by atoms with Crippen molar-refractivity contribution in [2.24, 2.45) is 0 Å². The zero-order valence-electron chi connectivity index (χ0n) is 21.8. The predicted molar refractivity (Wildman–Crippen MR) is 159 cm³/mol. The Balaban J connectivity index is 1.84. The van der Waals surface area contributed by atoms with Crippen molar-refractivity contribution in [1.82, 2.24) is 4.57 Å². The summed E-state index contributed by atoms with van der Waals surface area (Å²) in [5.74, 6) is -1.72. The first kappa shape index (κ1) is 29.9. The van der Waals surface area contributed by atoms with Crippen LogP contribution >= 0.6 is 34.8 Å². The van der Waals surface area contributed by atoms with E-state index in [0.29, 0.717) is 43.0 Å². The number of aromatic carboxylic acids is 1. The van der Waals surface area contributed by atoms with Gasteiger partial charge in [-0.25, -0.2) is 4.79 Å². The molecule has 4 rings (SSSR count). The number of amides is 1. The Labute approximate surface area is 250 Å². The Bertz CT molecular complexity index is 1700. The number of methoxy groups -OCH3 is 1. The Morgan fingerprint density at radius 3 is 2.20 bits per heavy atom. The number of carbonyl (C=O) groups excluding carboxylic acids is 2. The first-order chi connectivity index (χ1) is 19.5. The summed E-state index contributed by atoms with van der Waals surface area (Å²) >= 11 is 19.0. The number of rotatable bonds is 9. The van der Waals surface area contributed by atoms with Crippen LogP contribution in [0.25, 0.3) is 11.1 Å². The maximum absolute atomic E-state index is 13.7. The first-order valence-corrected chi connectivity index (χ1v) is 13.3. The van der Waals surface area contributed by atoms with Crippen LogP contribution in [0.4, 0.5) is 5.69 Å². The molecule has 1 unspecified atom stereocenters. The number of Topliss-reactive ketones (excluding diaryl/α,β-unsaturated/α-hetero) is 1. The number of carboxylic acid groups (broad SMARTS) is 1. The summed E-state index contributed by atoms with van der Waals surface area (Å²) in [4.78, 5) is 50.8. The number of ketones is 1. The molecular weight excluding hydrogens is 591 g/mol. The smallest absolute Gasteiger partial charge is 0.335 e. The minimum absolute atomic E-state index is 0.0462. The molecule has 0 saturated heterocycles. The lowest BCUT2D eigenvalue weighted by molar-refractivity contribution is -0.119. The van der Waals surface area contributed by atoms with Crippen molar-refractivity contribution in [3.05, 3.63) is 115 Å². The third-order valence-electron chi connectivity index (χ3n) is 6.41. The third-order valence-corrected chi connectivity index (χ3v) is 7.36. The fourth-order valence-electron chi connectivity index (χ4n) is 4.35. The van der Waals surface area contributed by atoms with Gasteiger partial charge in [-0.05, 0) is 72.6 Å². The number of nitrogens with one attached hydrogen (secondary N) is 1. The molecule has 0 radical (unpaired) electrons. The van der Waals surface area contributed by atoms with E-state index in [2.05, 4.69) is 5.32 Å². The van der Waals surface area contributed by atoms with Gasteiger partial charge in [-0.15, -0.1) is 0 Å². The van der Waals surface area contributed by atoms with E-state index in [1.165, 1.54) is 55.1 Å². The highest BCUT2D eigenvalue weighted by molar-refractivity contribution is 6.36. The molecule has 0 aliphatic heterocycles. The lowest BCUT2D eigenvalue weighted by Gasteiger charge is -2.22. The topological polar surface area (TPSA) is 115 Å². The summed E-state index contributed by atoms with van der Waals surface area (Å²) in [6.07, 6.45) is 1.32. The van der Waals surface area contributed by atoms with Crippen LogP contribution in [-0.2, 0) is 11.2 Å². The van der Waals surface area contributed by atoms with Gasteiger partial charge in [0.1, 0.15) is 11.8 Å². The molecule has 1 atom stereocenters. The molecule has 1 amide bonds. The van der Waals surface area contributed by atoms with Gasteiger partial charge in [0.15, 0.2) is 5.78 Å². The number of carbonyl (C=O) groups is 3. The van der Waals surface area contributed by atoms with E-state index in [1.54, 1.807) is 36.4 Å². The zero-order valence-corrected chi connectivity index (χ0v) is 24.1. The summed E-state index contributed by atoms with van der Waals surface area (Å²) in [6, 6.07) is 15.3. The summed E-state index contributed by atoms with van der Waals surface area (Å²) in [7, 11) is 1.40. The highest BCUT2D eigenvalue weighted by atomic mass is 35.5. The molecule has 4 aromatic rings. The second-order valence-electron chi connectivity index (χ2n) is 9.04. The van der Waals surface area contributed by atoms with Crippen molar-refractivity contribution < 1.29 is 24.2 Å². The number of benzene rings is 3. The van der Waals surface area contributed by atoms with Gasteiger partial charge in [-0.1, -0.05) is 40.9 Å². The molecule has 2 N–H and O–H groups in total. The Kier molecular flexibility index (Phi) is 9.18. The standard InChI is InChI=1S/C30H23Cl3N2O6/c1-16(36)20-11-8-18(31)12-21(20)22-14-28(37)35(15-27(22)41-2)26(13-23-24(32)4-3-5-25(23)33)29(38)34-19-9-6-17(7-10-19)30(39)40/h3-12,14-15,26H,13H2,1-2H3,(H,34,38)(H,39,40). The number of pyridine rings is 1. The predicted octanol–water partition coefficient (Wildman–Crippen LogP) is 6.81. The molecule has 11 heteroatoms. The van der Waals surface area contributed by atoms with Crippen LogP contribution in [0, 0.1) is 0 Å². The van der Waals surface area contributed by atoms with Crippen molar-refractivity contribution in [3.8, 4) is 16.9 Å². The average Bonchev–Trinajstić information content (AvgIpc) is 2.93. The maximum atomic E-state index is 13.7. The molecule has 0 aliphatic rings. The Hall–Kier alpha value is -4.11. The minimum atomic E-state index is -1.16. The molecular formula is C30H23Cl3N2O6. The largest absolute Gasteiger partial charge is 0.495 e. The Morgan fingerprint density at radius 1 is 0.951 bits per heavy atom. The highest BCUT2D eigenvalue weighted by Crippen LogP contribution is 2.35. The second kappa shape index (κ2) is 12.6. The first-order valence-electron chi connectivity index (χ1n) is 12.2. The van der Waals surface area contributed by atoms with Crippen molar-refractivity contribution in [2.45, 2.75) is 19.4 Å². The third kappa shape index (κ3) is 6.62. The van der Waals surface area contributed by atoms with Crippen molar-refractivity contribution >= 4 is 58.1 Å². The van der Waals surface area contributed by atoms with E-state index >= 15 is 0 Å². The maximum Gasteiger partial charge on any atom is 0.335 e. The molecule has 0 saturated carbocycles. The average molecular weight is 614 g/mol. The van der Waals surface area contributed by atoms with Crippen LogP contribution in [0.2, 0.25) is 15.1 Å². The van der Waals surface area contributed by atoms with Gasteiger partial charge in [-0.2, -0.15) is 0 Å². The fraction of sp³-hybridized carbons (Fsp3) is 0.133. The summed E-state index contributed by atoms with van der Waals surface area (Å²) < 4.78 is 6.79. The number of ether oxygens (including phenoxy) is 1. The van der Waals surface area contributed by atoms with E-state index < -0.39 is 23.5 Å². The molecule has 1 heterocycles. The van der Waals surface area contributed by atoms with Gasteiger partial charge in [0.2, 0.25) is 5.91 Å². The van der Waals surface area contributed by atoms with Crippen molar-refractivity contribution in [3.63, 3.8) is 0 Å². The SMILES string of the molecule is COc1cn(C(Cc2c(Cl)cccc2Cl)C(=O)Nc2ccc(C(=O)O)cc2)c(=O)cc1-c1cc(Cl)ccc1C(C)=O. The molecule has 1 aromatic heterocycles. The van der Waals surface area contributed by atoms with Crippen molar-refractivity contribution in [1.29, 1.82) is 0 Å². The summed E-state index contributed by atoms with van der Waals surface area (Å²) in [6.45, 7) is 1.40. The molecule has 0 aliphatic carbocycles.